The van der Waals surface area contributed by atoms with Gasteiger partial charge in [-0.1, -0.05) is 19.3 Å². The van der Waals surface area contributed by atoms with E-state index < -0.39 is 0 Å². The van der Waals surface area contributed by atoms with Crippen LogP contribution in [0.4, 0.5) is 0 Å². The predicted molar refractivity (Wildman–Crippen MR) is 66.4 cm³/mol. The normalized spacial score (nSPS) is 24.9. The van der Waals surface area contributed by atoms with E-state index in [-0.39, 0.29) is 0 Å². The summed E-state index contributed by atoms with van der Waals surface area (Å²) in [6, 6.07) is 0. The van der Waals surface area contributed by atoms with Gasteiger partial charge >= 0.3 is 0 Å². The fraction of sp³-hybridized carbons (Fsp3) is 0.929. The Bertz CT molecular complexity index is 211. The lowest BCUT2D eigenvalue weighted by molar-refractivity contribution is -0.120. The number of carbonyl (C=O) groups excluding carboxylic acids is 1. The third-order valence-corrected chi connectivity index (χ3v) is 4.25. The topological polar surface area (TPSA) is 29.1 Å². The van der Waals surface area contributed by atoms with Crippen molar-refractivity contribution in [1.29, 1.82) is 0 Å². The van der Waals surface area contributed by atoms with Crippen LogP contribution >= 0.6 is 0 Å². The van der Waals surface area contributed by atoms with Crippen LogP contribution < -0.4 is 5.32 Å². The predicted octanol–water partition coefficient (Wildman–Crippen LogP) is 2.92. The van der Waals surface area contributed by atoms with Crippen LogP contribution in [0, 0.1) is 11.8 Å². The van der Waals surface area contributed by atoms with Gasteiger partial charge in [-0.05, 0) is 50.6 Å². The lowest BCUT2D eigenvalue weighted by atomic mass is 9.87. The zero-order valence-electron chi connectivity index (χ0n) is 10.3. The molecule has 0 unspecified atom stereocenters. The second kappa shape index (κ2) is 6.39. The summed E-state index contributed by atoms with van der Waals surface area (Å²) in [4.78, 5) is 11.1. The molecular formula is C14H25NO. The summed E-state index contributed by atoms with van der Waals surface area (Å²) in [5.41, 5.74) is 0. The van der Waals surface area contributed by atoms with Crippen molar-refractivity contribution in [1.82, 2.24) is 5.32 Å². The average molecular weight is 223 g/mol. The molecule has 0 heterocycles. The maximum absolute atomic E-state index is 11.1. The van der Waals surface area contributed by atoms with Gasteiger partial charge in [-0.25, -0.2) is 0 Å². The molecule has 2 heteroatoms. The molecule has 0 saturated heterocycles. The summed E-state index contributed by atoms with van der Waals surface area (Å²) in [5.74, 6) is 2.17. The fourth-order valence-electron chi connectivity index (χ4n) is 3.09. The molecule has 0 aromatic rings. The third-order valence-electron chi connectivity index (χ3n) is 4.25. The summed E-state index contributed by atoms with van der Waals surface area (Å²) >= 11 is 0. The van der Waals surface area contributed by atoms with E-state index in [1.54, 1.807) is 0 Å². The van der Waals surface area contributed by atoms with Gasteiger partial charge in [0, 0.05) is 12.8 Å². The Labute approximate surface area is 99.2 Å². The van der Waals surface area contributed by atoms with E-state index in [0.29, 0.717) is 5.78 Å². The van der Waals surface area contributed by atoms with Crippen molar-refractivity contribution < 1.29 is 4.79 Å². The molecule has 16 heavy (non-hydrogen) atoms. The minimum absolute atomic E-state index is 0.475. The van der Waals surface area contributed by atoms with Gasteiger partial charge in [0.2, 0.25) is 0 Å². The molecule has 2 rings (SSSR count). The molecule has 0 atom stereocenters. The van der Waals surface area contributed by atoms with Gasteiger partial charge in [0.25, 0.3) is 0 Å². The molecule has 0 radical (unpaired) electrons. The van der Waals surface area contributed by atoms with Gasteiger partial charge in [-0.15, -0.1) is 0 Å². The highest BCUT2D eigenvalue weighted by Crippen LogP contribution is 2.24. The van der Waals surface area contributed by atoms with Crippen LogP contribution in [0.2, 0.25) is 0 Å². The van der Waals surface area contributed by atoms with Gasteiger partial charge in [0.05, 0.1) is 0 Å². The van der Waals surface area contributed by atoms with Crippen LogP contribution in [0.25, 0.3) is 0 Å². The number of hydrogen-bond acceptors (Lipinski definition) is 2. The molecule has 0 aromatic carbocycles. The first-order chi connectivity index (χ1) is 7.84. The van der Waals surface area contributed by atoms with Crippen LogP contribution in [0.1, 0.15) is 57.8 Å². The Morgan fingerprint density at radius 1 is 0.875 bits per heavy atom. The lowest BCUT2D eigenvalue weighted by Gasteiger charge is -2.25. The Morgan fingerprint density at radius 3 is 2.06 bits per heavy atom. The first-order valence-corrected chi connectivity index (χ1v) is 7.07. The zero-order chi connectivity index (χ0) is 11.2. The summed E-state index contributed by atoms with van der Waals surface area (Å²) in [5, 5.41) is 3.63. The summed E-state index contributed by atoms with van der Waals surface area (Å²) < 4.78 is 0. The van der Waals surface area contributed by atoms with Gasteiger partial charge < -0.3 is 5.32 Å². The maximum Gasteiger partial charge on any atom is 0.132 e. The standard InChI is InChI=1S/C14H25NO/c16-14-8-6-13(7-9-14)11-15-10-12-4-2-1-3-5-12/h12-13,15H,1-11H2. The second-order valence-corrected chi connectivity index (χ2v) is 5.64. The molecule has 2 aliphatic carbocycles. The molecule has 0 amide bonds. The molecule has 0 aromatic heterocycles. The molecule has 92 valence electrons. The minimum Gasteiger partial charge on any atom is -0.316 e. The average Bonchev–Trinajstić information content (AvgIpc) is 2.33. The highest BCUT2D eigenvalue weighted by Gasteiger charge is 2.19. The number of hydrogen-bond donors (Lipinski definition) is 1. The molecular weight excluding hydrogens is 198 g/mol. The second-order valence-electron chi connectivity index (χ2n) is 5.64. The van der Waals surface area contributed by atoms with E-state index in [4.69, 9.17) is 0 Å². The zero-order valence-corrected chi connectivity index (χ0v) is 10.3. The van der Waals surface area contributed by atoms with E-state index in [9.17, 15) is 4.79 Å². The van der Waals surface area contributed by atoms with Crippen LogP contribution in [-0.2, 0) is 4.79 Å². The lowest BCUT2D eigenvalue weighted by Crippen LogP contribution is -2.31. The van der Waals surface area contributed by atoms with Crippen LogP contribution in [-0.4, -0.2) is 18.9 Å². The quantitative estimate of drug-likeness (QED) is 0.794. The molecule has 0 spiro atoms. The molecule has 1 N–H and O–H groups in total. The monoisotopic (exact) mass is 223 g/mol. The van der Waals surface area contributed by atoms with E-state index >= 15 is 0 Å². The largest absolute Gasteiger partial charge is 0.316 e. The van der Waals surface area contributed by atoms with Crippen molar-refractivity contribution >= 4 is 5.78 Å². The smallest absolute Gasteiger partial charge is 0.132 e. The molecule has 2 aliphatic rings. The number of nitrogens with one attached hydrogen (secondary N) is 1. The van der Waals surface area contributed by atoms with E-state index in [2.05, 4.69) is 5.32 Å². The highest BCUT2D eigenvalue weighted by molar-refractivity contribution is 5.79. The Balaban J connectivity index is 1.55. The SMILES string of the molecule is O=C1CCC(CNCC2CCCCC2)CC1. The van der Waals surface area contributed by atoms with Crippen LogP contribution in [0.15, 0.2) is 0 Å². The number of ketones is 1. The number of rotatable bonds is 4. The first-order valence-electron chi connectivity index (χ1n) is 7.07. The summed E-state index contributed by atoms with van der Waals surface area (Å²) in [7, 11) is 0. The molecule has 0 aliphatic heterocycles. The number of Topliss-reactive ketones (excluding diaryl/α,β-unsaturated/α-hetero) is 1. The summed E-state index contributed by atoms with van der Waals surface area (Å²) in [6.45, 7) is 2.36. The third kappa shape index (κ3) is 3.89. The Morgan fingerprint density at radius 2 is 1.44 bits per heavy atom. The summed E-state index contributed by atoms with van der Waals surface area (Å²) in [6.07, 6.45) is 11.1. The van der Waals surface area contributed by atoms with Gasteiger partial charge in [0.1, 0.15) is 5.78 Å². The van der Waals surface area contributed by atoms with Crippen molar-refractivity contribution in [3.63, 3.8) is 0 Å². The van der Waals surface area contributed by atoms with Crippen molar-refractivity contribution in [2.24, 2.45) is 11.8 Å². The molecule has 0 bridgehead atoms. The molecule has 2 fully saturated rings. The molecule has 2 nitrogen and oxygen atoms in total. The van der Waals surface area contributed by atoms with Crippen molar-refractivity contribution in [3.8, 4) is 0 Å². The van der Waals surface area contributed by atoms with Gasteiger partial charge in [0.15, 0.2) is 0 Å². The van der Waals surface area contributed by atoms with Gasteiger partial charge in [-0.3, -0.25) is 4.79 Å². The highest BCUT2D eigenvalue weighted by atomic mass is 16.1. The Hall–Kier alpha value is -0.370. The number of carbonyl (C=O) groups is 1. The van der Waals surface area contributed by atoms with Gasteiger partial charge in [-0.2, -0.15) is 0 Å². The van der Waals surface area contributed by atoms with Crippen molar-refractivity contribution in [3.05, 3.63) is 0 Å². The van der Waals surface area contributed by atoms with E-state index in [0.717, 1.165) is 44.1 Å². The van der Waals surface area contributed by atoms with Crippen molar-refractivity contribution in [2.75, 3.05) is 13.1 Å². The first kappa shape index (κ1) is 12.1. The van der Waals surface area contributed by atoms with Crippen LogP contribution in [0.3, 0.4) is 0 Å². The van der Waals surface area contributed by atoms with E-state index in [1.807, 2.05) is 0 Å². The maximum atomic E-state index is 11.1. The fourth-order valence-corrected chi connectivity index (χ4v) is 3.09. The van der Waals surface area contributed by atoms with E-state index in [1.165, 1.54) is 38.6 Å². The minimum atomic E-state index is 0.475. The molecule has 2 saturated carbocycles. The Kier molecular flexibility index (Phi) is 4.83. The van der Waals surface area contributed by atoms with Crippen molar-refractivity contribution in [2.45, 2.75) is 57.8 Å². The van der Waals surface area contributed by atoms with Crippen LogP contribution in [0.5, 0.6) is 0 Å².